The molecule has 2 amide bonds. The SMILES string of the molecule is CCN(NC(=O)C1=CNC(n2cccn2)NC1=O)c1ccccc1. The summed E-state index contributed by atoms with van der Waals surface area (Å²) in [6, 6.07) is 11.2. The Morgan fingerprint density at radius 3 is 2.75 bits per heavy atom. The standard InChI is InChI=1S/C16H18N6O2/c1-2-21(12-7-4-3-5-8-12)20-15(24)13-11-17-16(19-14(13)23)22-10-6-9-18-22/h3-11,16-17H,2H2,1H3,(H,19,23)(H,20,24). The van der Waals surface area contributed by atoms with Crippen LogP contribution in [0.5, 0.6) is 0 Å². The lowest BCUT2D eigenvalue weighted by Crippen LogP contribution is -2.50. The molecule has 0 radical (unpaired) electrons. The van der Waals surface area contributed by atoms with E-state index < -0.39 is 18.1 Å². The molecule has 1 aliphatic heterocycles. The van der Waals surface area contributed by atoms with E-state index in [-0.39, 0.29) is 5.57 Å². The summed E-state index contributed by atoms with van der Waals surface area (Å²) in [5, 5.41) is 11.3. The first-order valence-electron chi connectivity index (χ1n) is 7.59. The van der Waals surface area contributed by atoms with Crippen molar-refractivity contribution < 1.29 is 9.59 Å². The summed E-state index contributed by atoms with van der Waals surface area (Å²) >= 11 is 0. The topological polar surface area (TPSA) is 91.3 Å². The fraction of sp³-hybridized carbons (Fsp3) is 0.188. The van der Waals surface area contributed by atoms with Gasteiger partial charge in [-0.25, -0.2) is 4.68 Å². The Morgan fingerprint density at radius 2 is 2.12 bits per heavy atom. The van der Waals surface area contributed by atoms with Crippen LogP contribution < -0.4 is 21.1 Å². The molecule has 2 aromatic rings. The van der Waals surface area contributed by atoms with Crippen molar-refractivity contribution in [1.82, 2.24) is 25.8 Å². The summed E-state index contributed by atoms with van der Waals surface area (Å²) in [7, 11) is 0. The second-order valence-corrected chi connectivity index (χ2v) is 5.11. The van der Waals surface area contributed by atoms with Crippen molar-refractivity contribution in [2.24, 2.45) is 0 Å². The molecule has 8 heteroatoms. The average molecular weight is 326 g/mol. The van der Waals surface area contributed by atoms with E-state index in [1.807, 2.05) is 37.3 Å². The molecule has 3 rings (SSSR count). The number of hydrazine groups is 1. The molecule has 124 valence electrons. The van der Waals surface area contributed by atoms with Crippen LogP contribution >= 0.6 is 0 Å². The molecular weight excluding hydrogens is 308 g/mol. The average Bonchev–Trinajstić information content (AvgIpc) is 3.14. The predicted octanol–water partition coefficient (Wildman–Crippen LogP) is 0.500. The number of benzene rings is 1. The number of amides is 2. The minimum absolute atomic E-state index is 0.00721. The van der Waals surface area contributed by atoms with E-state index >= 15 is 0 Å². The normalized spacial score (nSPS) is 16.6. The van der Waals surface area contributed by atoms with Crippen LogP contribution in [0.4, 0.5) is 5.69 Å². The first-order chi connectivity index (χ1) is 11.7. The number of rotatable bonds is 5. The van der Waals surface area contributed by atoms with Crippen LogP contribution in [0.15, 0.2) is 60.6 Å². The van der Waals surface area contributed by atoms with Crippen molar-refractivity contribution in [2.75, 3.05) is 11.6 Å². The molecule has 0 fully saturated rings. The number of carbonyl (C=O) groups excluding carboxylic acids is 2. The number of para-hydroxylation sites is 1. The van der Waals surface area contributed by atoms with Gasteiger partial charge in [0.25, 0.3) is 11.8 Å². The molecular formula is C16H18N6O2. The van der Waals surface area contributed by atoms with E-state index in [1.54, 1.807) is 28.2 Å². The molecule has 1 unspecified atom stereocenters. The number of hydrogen-bond acceptors (Lipinski definition) is 5. The number of aromatic nitrogens is 2. The van der Waals surface area contributed by atoms with Crippen LogP contribution in [0.3, 0.4) is 0 Å². The highest BCUT2D eigenvalue weighted by Crippen LogP contribution is 2.12. The zero-order valence-corrected chi connectivity index (χ0v) is 13.1. The number of anilines is 1. The maximum absolute atomic E-state index is 12.4. The van der Waals surface area contributed by atoms with E-state index in [4.69, 9.17) is 0 Å². The van der Waals surface area contributed by atoms with Crippen molar-refractivity contribution >= 4 is 17.5 Å². The molecule has 24 heavy (non-hydrogen) atoms. The number of nitrogens with zero attached hydrogens (tertiary/aromatic N) is 3. The zero-order chi connectivity index (χ0) is 16.9. The van der Waals surface area contributed by atoms with Gasteiger partial charge in [0.05, 0.1) is 5.69 Å². The molecule has 1 aliphatic rings. The van der Waals surface area contributed by atoms with Gasteiger partial charge < -0.3 is 10.6 Å². The van der Waals surface area contributed by atoms with Gasteiger partial charge in [-0.2, -0.15) is 5.10 Å². The Morgan fingerprint density at radius 1 is 1.33 bits per heavy atom. The maximum Gasteiger partial charge on any atom is 0.276 e. The Hall–Kier alpha value is -3.29. The fourth-order valence-electron chi connectivity index (χ4n) is 2.33. The Bertz CT molecular complexity index is 741. The lowest BCUT2D eigenvalue weighted by atomic mass is 10.2. The van der Waals surface area contributed by atoms with Gasteiger partial charge in [0.2, 0.25) is 0 Å². The largest absolute Gasteiger partial charge is 0.352 e. The first-order valence-corrected chi connectivity index (χ1v) is 7.59. The summed E-state index contributed by atoms with van der Waals surface area (Å²) in [6.45, 7) is 2.47. The van der Waals surface area contributed by atoms with Crippen LogP contribution in [-0.2, 0) is 9.59 Å². The molecule has 1 aromatic heterocycles. The van der Waals surface area contributed by atoms with E-state index in [0.29, 0.717) is 6.54 Å². The molecule has 1 atom stereocenters. The second kappa shape index (κ2) is 6.86. The molecule has 0 spiro atoms. The van der Waals surface area contributed by atoms with Gasteiger partial charge in [0.15, 0.2) is 6.29 Å². The third-order valence-electron chi connectivity index (χ3n) is 3.55. The third kappa shape index (κ3) is 3.22. The van der Waals surface area contributed by atoms with E-state index in [2.05, 4.69) is 21.2 Å². The van der Waals surface area contributed by atoms with Gasteiger partial charge in [-0.1, -0.05) is 18.2 Å². The zero-order valence-electron chi connectivity index (χ0n) is 13.1. The molecule has 0 bridgehead atoms. The van der Waals surface area contributed by atoms with Crippen LogP contribution in [0, 0.1) is 0 Å². The van der Waals surface area contributed by atoms with Crippen molar-refractivity contribution in [3.05, 3.63) is 60.6 Å². The number of nitrogens with one attached hydrogen (secondary N) is 3. The summed E-state index contributed by atoms with van der Waals surface area (Å²) < 4.78 is 1.55. The van der Waals surface area contributed by atoms with Gasteiger partial charge in [0.1, 0.15) is 5.57 Å². The molecule has 0 saturated carbocycles. The van der Waals surface area contributed by atoms with E-state index in [0.717, 1.165) is 5.69 Å². The highest BCUT2D eigenvalue weighted by Gasteiger charge is 2.27. The van der Waals surface area contributed by atoms with Crippen molar-refractivity contribution in [3.8, 4) is 0 Å². The molecule has 0 saturated heterocycles. The minimum Gasteiger partial charge on any atom is -0.352 e. The quantitative estimate of drug-likeness (QED) is 0.550. The third-order valence-corrected chi connectivity index (χ3v) is 3.55. The van der Waals surface area contributed by atoms with Crippen LogP contribution in [-0.4, -0.2) is 28.1 Å². The van der Waals surface area contributed by atoms with Gasteiger partial charge in [-0.3, -0.25) is 20.0 Å². The Balaban J connectivity index is 1.69. The summed E-state index contributed by atoms with van der Waals surface area (Å²) in [5.74, 6) is -0.944. The summed E-state index contributed by atoms with van der Waals surface area (Å²) in [4.78, 5) is 24.6. The summed E-state index contributed by atoms with van der Waals surface area (Å²) in [5.41, 5.74) is 3.58. The highest BCUT2D eigenvalue weighted by atomic mass is 16.2. The summed E-state index contributed by atoms with van der Waals surface area (Å²) in [6.07, 6.45) is 4.21. The van der Waals surface area contributed by atoms with E-state index in [9.17, 15) is 9.59 Å². The molecule has 3 N–H and O–H groups in total. The minimum atomic E-state index is -0.513. The highest BCUT2D eigenvalue weighted by molar-refractivity contribution is 6.19. The van der Waals surface area contributed by atoms with Gasteiger partial charge in [-0.05, 0) is 25.1 Å². The molecule has 0 aliphatic carbocycles. The van der Waals surface area contributed by atoms with Crippen LogP contribution in [0.25, 0.3) is 0 Å². The molecule has 2 heterocycles. The van der Waals surface area contributed by atoms with Gasteiger partial charge in [0, 0.05) is 25.1 Å². The number of carbonyl (C=O) groups is 2. The lowest BCUT2D eigenvalue weighted by Gasteiger charge is -2.27. The smallest absolute Gasteiger partial charge is 0.276 e. The van der Waals surface area contributed by atoms with E-state index in [1.165, 1.54) is 6.20 Å². The second-order valence-electron chi connectivity index (χ2n) is 5.11. The van der Waals surface area contributed by atoms with Crippen molar-refractivity contribution in [3.63, 3.8) is 0 Å². The Kier molecular flexibility index (Phi) is 4.46. The van der Waals surface area contributed by atoms with Gasteiger partial charge >= 0.3 is 0 Å². The Labute approximate surface area is 139 Å². The first kappa shape index (κ1) is 15.6. The monoisotopic (exact) mass is 326 g/mol. The van der Waals surface area contributed by atoms with Crippen molar-refractivity contribution in [2.45, 2.75) is 13.2 Å². The van der Waals surface area contributed by atoms with Gasteiger partial charge in [-0.15, -0.1) is 0 Å². The maximum atomic E-state index is 12.4. The van der Waals surface area contributed by atoms with Crippen LogP contribution in [0.2, 0.25) is 0 Å². The molecule has 1 aromatic carbocycles. The van der Waals surface area contributed by atoms with Crippen molar-refractivity contribution in [1.29, 1.82) is 0 Å². The van der Waals surface area contributed by atoms with Crippen LogP contribution in [0.1, 0.15) is 13.2 Å². The predicted molar refractivity (Wildman–Crippen MR) is 88.2 cm³/mol. The lowest BCUT2D eigenvalue weighted by molar-refractivity contribution is -0.125. The molecule has 8 nitrogen and oxygen atoms in total. The number of hydrogen-bond donors (Lipinski definition) is 3. The fourth-order valence-corrected chi connectivity index (χ4v) is 2.33.